The molecule has 46 heavy (non-hydrogen) atoms. The maximum atomic E-state index is 5.64. The van der Waals surface area contributed by atoms with E-state index in [9.17, 15) is 0 Å². The van der Waals surface area contributed by atoms with Gasteiger partial charge in [-0.1, -0.05) is 182 Å². The lowest BCUT2D eigenvalue weighted by Crippen LogP contribution is -2.01. The first-order valence-electron chi connectivity index (χ1n) is 15.6. The van der Waals surface area contributed by atoms with Crippen molar-refractivity contribution in [2.75, 3.05) is 0 Å². The molecule has 0 aliphatic heterocycles. The van der Waals surface area contributed by atoms with E-state index < -0.39 is 0 Å². The van der Waals surface area contributed by atoms with Crippen molar-refractivity contribution in [3.63, 3.8) is 0 Å². The van der Waals surface area contributed by atoms with Gasteiger partial charge in [0.2, 0.25) is 0 Å². The Morgan fingerprint density at radius 3 is 0.804 bits per heavy atom. The Labute approximate surface area is 269 Å². The second-order valence-corrected chi connectivity index (χ2v) is 11.3. The molecule has 8 rings (SSSR count). The van der Waals surface area contributed by atoms with E-state index in [0.717, 1.165) is 78.1 Å². The van der Waals surface area contributed by atoms with E-state index in [0.29, 0.717) is 0 Å². The van der Waals surface area contributed by atoms with Gasteiger partial charge in [0.1, 0.15) is 0 Å². The van der Waals surface area contributed by atoms with Crippen LogP contribution in [-0.4, -0.2) is 9.97 Å². The van der Waals surface area contributed by atoms with Crippen LogP contribution in [0.2, 0.25) is 0 Å². The molecule has 0 aliphatic rings. The molecule has 8 aromatic rings. The highest BCUT2D eigenvalue weighted by atomic mass is 14.8. The number of nitrogens with zero attached hydrogens (tertiary/aromatic N) is 2. The van der Waals surface area contributed by atoms with E-state index >= 15 is 0 Å². The largest absolute Gasteiger partial charge is 0.243 e. The van der Waals surface area contributed by atoms with Gasteiger partial charge in [-0.2, -0.15) is 0 Å². The molecule has 0 saturated carbocycles. The van der Waals surface area contributed by atoms with Gasteiger partial charge in [0.25, 0.3) is 0 Å². The maximum absolute atomic E-state index is 5.64. The Kier molecular flexibility index (Phi) is 7.22. The van der Waals surface area contributed by atoms with Crippen LogP contribution in [0, 0.1) is 0 Å². The van der Waals surface area contributed by atoms with Gasteiger partial charge in [-0.05, 0) is 33.4 Å². The molecule has 0 bridgehead atoms. The summed E-state index contributed by atoms with van der Waals surface area (Å²) in [5, 5.41) is 0. The summed E-state index contributed by atoms with van der Waals surface area (Å²) in [7, 11) is 0. The lowest BCUT2D eigenvalue weighted by atomic mass is 9.91. The van der Waals surface area contributed by atoms with Crippen LogP contribution >= 0.6 is 0 Å². The van der Waals surface area contributed by atoms with Crippen LogP contribution in [0.25, 0.3) is 78.1 Å². The summed E-state index contributed by atoms with van der Waals surface area (Å²) < 4.78 is 0. The van der Waals surface area contributed by atoms with E-state index in [1.165, 1.54) is 0 Å². The number of hydrogen-bond acceptors (Lipinski definition) is 2. The summed E-state index contributed by atoms with van der Waals surface area (Å²) in [4.78, 5) is 11.3. The van der Waals surface area contributed by atoms with Gasteiger partial charge in [-0.3, -0.25) is 0 Å². The van der Waals surface area contributed by atoms with Crippen LogP contribution < -0.4 is 0 Å². The minimum absolute atomic E-state index is 0.859. The quantitative estimate of drug-likeness (QED) is 0.194. The van der Waals surface area contributed by atoms with Crippen molar-refractivity contribution in [2.45, 2.75) is 0 Å². The predicted molar refractivity (Wildman–Crippen MR) is 192 cm³/mol. The Morgan fingerprint density at radius 1 is 0.217 bits per heavy atom. The fourth-order valence-corrected chi connectivity index (χ4v) is 6.33. The molecule has 0 atom stereocenters. The SMILES string of the molecule is c1ccc(-c2ccccc2-c2nc3c(-c4ccccc4)ccc(-c4ccccc4)c3nc2-c2ccccc2-c2ccccc2)cc1. The van der Waals surface area contributed by atoms with Gasteiger partial charge >= 0.3 is 0 Å². The monoisotopic (exact) mass is 586 g/mol. The molecule has 0 radical (unpaired) electrons. The van der Waals surface area contributed by atoms with Crippen molar-refractivity contribution in [3.05, 3.63) is 182 Å². The van der Waals surface area contributed by atoms with E-state index in [4.69, 9.17) is 9.97 Å². The highest BCUT2D eigenvalue weighted by Gasteiger charge is 2.22. The third kappa shape index (κ3) is 5.06. The first-order valence-corrected chi connectivity index (χ1v) is 15.6. The van der Waals surface area contributed by atoms with Crippen LogP contribution in [0.1, 0.15) is 0 Å². The predicted octanol–water partition coefficient (Wildman–Crippen LogP) is 11.6. The van der Waals surface area contributed by atoms with Crippen LogP contribution in [0.3, 0.4) is 0 Å². The zero-order valence-corrected chi connectivity index (χ0v) is 25.2. The highest BCUT2D eigenvalue weighted by Crippen LogP contribution is 2.43. The second-order valence-electron chi connectivity index (χ2n) is 11.3. The van der Waals surface area contributed by atoms with Crippen molar-refractivity contribution in [1.29, 1.82) is 0 Å². The van der Waals surface area contributed by atoms with Crippen LogP contribution in [0.15, 0.2) is 182 Å². The van der Waals surface area contributed by atoms with E-state index in [-0.39, 0.29) is 0 Å². The van der Waals surface area contributed by atoms with Gasteiger partial charge < -0.3 is 0 Å². The van der Waals surface area contributed by atoms with Crippen molar-refractivity contribution in [3.8, 4) is 67.0 Å². The molecule has 1 heterocycles. The van der Waals surface area contributed by atoms with Crippen LogP contribution in [0.5, 0.6) is 0 Å². The molecular formula is C44H30N2. The van der Waals surface area contributed by atoms with Gasteiger partial charge in [-0.25, -0.2) is 9.97 Å². The average molecular weight is 587 g/mol. The Hall–Kier alpha value is -6.12. The Morgan fingerprint density at radius 2 is 0.478 bits per heavy atom. The molecule has 216 valence electrons. The number of fused-ring (bicyclic) bond motifs is 1. The summed E-state index contributed by atoms with van der Waals surface area (Å²) >= 11 is 0. The van der Waals surface area contributed by atoms with Gasteiger partial charge in [0.15, 0.2) is 0 Å². The third-order valence-electron chi connectivity index (χ3n) is 8.53. The second kappa shape index (κ2) is 12.1. The number of aromatic nitrogens is 2. The normalized spacial score (nSPS) is 11.0. The van der Waals surface area contributed by atoms with E-state index in [1.54, 1.807) is 0 Å². The highest BCUT2D eigenvalue weighted by molar-refractivity contribution is 6.04. The first-order chi connectivity index (χ1) is 22.8. The topological polar surface area (TPSA) is 25.8 Å². The fraction of sp³-hybridized carbons (Fsp3) is 0. The smallest absolute Gasteiger partial charge is 0.0979 e. The maximum Gasteiger partial charge on any atom is 0.0979 e. The fourth-order valence-electron chi connectivity index (χ4n) is 6.33. The van der Waals surface area contributed by atoms with Crippen molar-refractivity contribution in [1.82, 2.24) is 9.97 Å². The van der Waals surface area contributed by atoms with Crippen molar-refractivity contribution < 1.29 is 0 Å². The summed E-state index contributed by atoms with van der Waals surface area (Å²) in [6.45, 7) is 0. The molecule has 0 saturated heterocycles. The van der Waals surface area contributed by atoms with E-state index in [2.05, 4.69) is 182 Å². The molecular weight excluding hydrogens is 556 g/mol. The molecule has 7 aromatic carbocycles. The minimum Gasteiger partial charge on any atom is -0.243 e. The summed E-state index contributed by atoms with van der Waals surface area (Å²) in [5.41, 5.74) is 14.4. The molecule has 1 aromatic heterocycles. The molecule has 0 fully saturated rings. The first kappa shape index (κ1) is 27.4. The number of rotatable bonds is 6. The van der Waals surface area contributed by atoms with Crippen LogP contribution in [-0.2, 0) is 0 Å². The molecule has 0 aliphatic carbocycles. The summed E-state index contributed by atoms with van der Waals surface area (Å²) in [6.07, 6.45) is 0. The summed E-state index contributed by atoms with van der Waals surface area (Å²) in [5.74, 6) is 0. The zero-order chi connectivity index (χ0) is 30.7. The molecule has 0 amide bonds. The molecule has 2 heteroatoms. The van der Waals surface area contributed by atoms with Crippen LogP contribution in [0.4, 0.5) is 0 Å². The van der Waals surface area contributed by atoms with Gasteiger partial charge in [0, 0.05) is 22.3 Å². The summed E-state index contributed by atoms with van der Waals surface area (Å²) in [6, 6.07) is 63.6. The zero-order valence-electron chi connectivity index (χ0n) is 25.2. The molecule has 0 unspecified atom stereocenters. The minimum atomic E-state index is 0.859. The lowest BCUT2D eigenvalue weighted by molar-refractivity contribution is 1.29. The van der Waals surface area contributed by atoms with Crippen molar-refractivity contribution >= 4 is 11.0 Å². The number of hydrogen-bond donors (Lipinski definition) is 0. The Bertz CT molecular complexity index is 2110. The number of benzene rings is 7. The average Bonchev–Trinajstić information content (AvgIpc) is 3.15. The van der Waals surface area contributed by atoms with Crippen molar-refractivity contribution in [2.24, 2.45) is 0 Å². The lowest BCUT2D eigenvalue weighted by Gasteiger charge is -2.19. The molecule has 0 spiro atoms. The van der Waals surface area contributed by atoms with Gasteiger partial charge in [-0.15, -0.1) is 0 Å². The molecule has 0 N–H and O–H groups in total. The van der Waals surface area contributed by atoms with E-state index in [1.807, 2.05) is 0 Å². The Balaban J connectivity index is 1.51. The van der Waals surface area contributed by atoms with Gasteiger partial charge in [0.05, 0.1) is 22.4 Å². The standard InChI is InChI=1S/C44H30N2/c1-5-17-31(18-6-1)35-25-13-15-27-39(35)43-44(40-28-16-14-26-36(40)32-19-7-2-8-20-32)46-42-38(34-23-11-4-12-24-34)30-29-37(41(42)45-43)33-21-9-3-10-22-33/h1-30H. The third-order valence-corrected chi connectivity index (χ3v) is 8.53. The molecule has 2 nitrogen and oxygen atoms in total.